The van der Waals surface area contributed by atoms with E-state index in [0.717, 1.165) is 28.5 Å². The molecule has 4 nitrogen and oxygen atoms in total. The fourth-order valence-electron chi connectivity index (χ4n) is 5.17. The Kier molecular flexibility index (Phi) is 2.39. The maximum Gasteiger partial charge on any atom is 0.234 e. The zero-order valence-electron chi connectivity index (χ0n) is 13.1. The minimum Gasteiger partial charge on any atom is -0.302 e. The molecule has 0 N–H and O–H groups in total. The fourth-order valence-corrected chi connectivity index (χ4v) is 5.17. The predicted molar refractivity (Wildman–Crippen MR) is 86.3 cm³/mol. The van der Waals surface area contributed by atoms with Gasteiger partial charge in [0.25, 0.3) is 0 Å². The van der Waals surface area contributed by atoms with Crippen LogP contribution in [0.4, 0.5) is 0 Å². The molecule has 1 saturated heterocycles. The lowest BCUT2D eigenvalue weighted by molar-refractivity contribution is -0.139. The van der Waals surface area contributed by atoms with Gasteiger partial charge in [-0.15, -0.1) is 0 Å². The minimum absolute atomic E-state index is 0.161. The summed E-state index contributed by atoms with van der Waals surface area (Å²) in [6.07, 6.45) is 0.891. The van der Waals surface area contributed by atoms with Gasteiger partial charge in [-0.1, -0.05) is 48.5 Å². The van der Waals surface area contributed by atoms with Crippen molar-refractivity contribution in [3.8, 4) is 0 Å². The van der Waals surface area contributed by atoms with Gasteiger partial charge in [0.1, 0.15) is 6.29 Å². The van der Waals surface area contributed by atoms with Crippen LogP contribution in [0.15, 0.2) is 48.5 Å². The summed E-state index contributed by atoms with van der Waals surface area (Å²) >= 11 is 0. The number of nitrogens with zero attached hydrogens (tertiary/aromatic N) is 1. The van der Waals surface area contributed by atoms with E-state index in [-0.39, 0.29) is 17.7 Å². The van der Waals surface area contributed by atoms with Crippen molar-refractivity contribution in [2.24, 2.45) is 11.8 Å². The summed E-state index contributed by atoms with van der Waals surface area (Å²) in [5, 5.41) is 0. The first-order valence-corrected chi connectivity index (χ1v) is 8.09. The van der Waals surface area contributed by atoms with Gasteiger partial charge in [-0.05, 0) is 22.3 Å². The summed E-state index contributed by atoms with van der Waals surface area (Å²) in [5.74, 6) is -1.71. The van der Waals surface area contributed by atoms with E-state index < -0.39 is 17.3 Å². The van der Waals surface area contributed by atoms with Crippen LogP contribution in [0.2, 0.25) is 0 Å². The molecule has 2 aromatic carbocycles. The molecule has 0 spiro atoms. The fraction of sp³-hybridized carbons (Fsp3) is 0.250. The van der Waals surface area contributed by atoms with Gasteiger partial charge in [0.2, 0.25) is 11.8 Å². The summed E-state index contributed by atoms with van der Waals surface area (Å²) in [6.45, 7) is 0. The second kappa shape index (κ2) is 4.20. The average Bonchev–Trinajstić information content (AvgIpc) is 2.87. The molecule has 6 rings (SSSR count). The van der Waals surface area contributed by atoms with Crippen molar-refractivity contribution in [2.75, 3.05) is 7.05 Å². The van der Waals surface area contributed by atoms with Gasteiger partial charge in [0, 0.05) is 13.0 Å². The van der Waals surface area contributed by atoms with E-state index in [9.17, 15) is 14.4 Å². The summed E-state index contributed by atoms with van der Waals surface area (Å²) in [7, 11) is 1.52. The standard InChI is InChI=1S/C20H15NO3/c1-21-18(23)16-15-11-6-2-4-8-13(11)20(10-22,17(16)19(21)24)14-9-5-3-7-12(14)15/h2-10,15-17H,1H3. The highest BCUT2D eigenvalue weighted by molar-refractivity contribution is 6.10. The molecule has 3 aliphatic carbocycles. The first-order chi connectivity index (χ1) is 11.6. The molecule has 2 bridgehead atoms. The van der Waals surface area contributed by atoms with Crippen molar-refractivity contribution in [3.63, 3.8) is 0 Å². The van der Waals surface area contributed by atoms with E-state index >= 15 is 0 Å². The average molecular weight is 317 g/mol. The normalized spacial score (nSPS) is 32.4. The number of hydrogen-bond donors (Lipinski definition) is 0. The van der Waals surface area contributed by atoms with Gasteiger partial charge in [0.05, 0.1) is 17.3 Å². The molecular formula is C20H15NO3. The van der Waals surface area contributed by atoms with Gasteiger partial charge in [-0.3, -0.25) is 14.5 Å². The molecule has 0 saturated carbocycles. The summed E-state index contributed by atoms with van der Waals surface area (Å²) < 4.78 is 0. The maximum atomic E-state index is 12.9. The molecule has 0 radical (unpaired) electrons. The lowest BCUT2D eigenvalue weighted by Crippen LogP contribution is -2.54. The Bertz CT molecular complexity index is 884. The number of imide groups is 1. The number of likely N-dealkylation sites (tertiary alicyclic amines) is 1. The Labute approximate surface area is 139 Å². The topological polar surface area (TPSA) is 54.5 Å². The molecule has 1 heterocycles. The minimum atomic E-state index is -1.07. The Morgan fingerprint density at radius 1 is 0.917 bits per heavy atom. The molecule has 4 aliphatic rings. The lowest BCUT2D eigenvalue weighted by Gasteiger charge is -2.51. The number of benzene rings is 2. The Hall–Kier alpha value is -2.75. The SMILES string of the molecule is CN1C(=O)C2C3c4ccccc4C(C=O)(c4ccccc43)C2C1=O. The molecule has 2 unspecified atom stereocenters. The van der Waals surface area contributed by atoms with Crippen LogP contribution in [0.1, 0.15) is 28.2 Å². The summed E-state index contributed by atoms with van der Waals surface area (Å²) in [4.78, 5) is 39.4. The van der Waals surface area contributed by atoms with Crippen molar-refractivity contribution in [1.82, 2.24) is 4.90 Å². The zero-order chi connectivity index (χ0) is 16.6. The summed E-state index contributed by atoms with van der Waals surface area (Å²) in [5.41, 5.74) is 2.69. The number of carbonyl (C=O) groups is 3. The molecular weight excluding hydrogens is 302 g/mol. The molecule has 1 aliphatic heterocycles. The first kappa shape index (κ1) is 13.7. The van der Waals surface area contributed by atoms with Crippen LogP contribution >= 0.6 is 0 Å². The molecule has 24 heavy (non-hydrogen) atoms. The number of rotatable bonds is 1. The van der Waals surface area contributed by atoms with Crippen LogP contribution in [-0.2, 0) is 19.8 Å². The van der Waals surface area contributed by atoms with Crippen molar-refractivity contribution in [1.29, 1.82) is 0 Å². The number of carbonyl (C=O) groups excluding carboxylic acids is 3. The number of aldehydes is 1. The highest BCUT2D eigenvalue weighted by Crippen LogP contribution is 2.62. The van der Waals surface area contributed by atoms with E-state index in [1.54, 1.807) is 0 Å². The van der Waals surface area contributed by atoms with Crippen LogP contribution in [-0.4, -0.2) is 30.0 Å². The van der Waals surface area contributed by atoms with E-state index in [2.05, 4.69) is 0 Å². The van der Waals surface area contributed by atoms with Crippen LogP contribution in [0.3, 0.4) is 0 Å². The first-order valence-electron chi connectivity index (χ1n) is 8.09. The highest BCUT2D eigenvalue weighted by atomic mass is 16.2. The smallest absolute Gasteiger partial charge is 0.234 e. The van der Waals surface area contributed by atoms with Crippen molar-refractivity contribution >= 4 is 18.1 Å². The van der Waals surface area contributed by atoms with Gasteiger partial charge in [0.15, 0.2) is 0 Å². The molecule has 2 amide bonds. The third-order valence-corrected chi connectivity index (χ3v) is 6.09. The quantitative estimate of drug-likeness (QED) is 0.596. The second-order valence-electron chi connectivity index (χ2n) is 6.88. The Morgan fingerprint density at radius 3 is 2.00 bits per heavy atom. The monoisotopic (exact) mass is 317 g/mol. The summed E-state index contributed by atoms with van der Waals surface area (Å²) in [6, 6.07) is 15.5. The number of hydrogen-bond acceptors (Lipinski definition) is 3. The predicted octanol–water partition coefficient (Wildman–Crippen LogP) is 1.86. The molecule has 118 valence electrons. The zero-order valence-corrected chi connectivity index (χ0v) is 13.1. The second-order valence-corrected chi connectivity index (χ2v) is 6.88. The van der Waals surface area contributed by atoms with E-state index in [1.165, 1.54) is 11.9 Å². The van der Waals surface area contributed by atoms with Crippen molar-refractivity contribution < 1.29 is 14.4 Å². The van der Waals surface area contributed by atoms with E-state index in [1.807, 2.05) is 48.5 Å². The highest BCUT2D eigenvalue weighted by Gasteiger charge is 2.67. The largest absolute Gasteiger partial charge is 0.302 e. The molecule has 0 aromatic heterocycles. The van der Waals surface area contributed by atoms with Gasteiger partial charge < -0.3 is 4.79 Å². The Balaban J connectivity index is 1.96. The Morgan fingerprint density at radius 2 is 1.46 bits per heavy atom. The van der Waals surface area contributed by atoms with Gasteiger partial charge in [-0.2, -0.15) is 0 Å². The van der Waals surface area contributed by atoms with E-state index in [0.29, 0.717) is 0 Å². The lowest BCUT2D eigenvalue weighted by atomic mass is 9.48. The molecule has 2 atom stereocenters. The van der Waals surface area contributed by atoms with Crippen molar-refractivity contribution in [3.05, 3.63) is 70.8 Å². The van der Waals surface area contributed by atoms with Gasteiger partial charge >= 0.3 is 0 Å². The van der Waals surface area contributed by atoms with Crippen LogP contribution in [0.25, 0.3) is 0 Å². The van der Waals surface area contributed by atoms with Crippen LogP contribution in [0.5, 0.6) is 0 Å². The third kappa shape index (κ3) is 1.23. The van der Waals surface area contributed by atoms with Crippen LogP contribution in [0, 0.1) is 11.8 Å². The van der Waals surface area contributed by atoms with Crippen LogP contribution < -0.4 is 0 Å². The van der Waals surface area contributed by atoms with Gasteiger partial charge in [-0.25, -0.2) is 0 Å². The maximum absolute atomic E-state index is 12.9. The third-order valence-electron chi connectivity index (χ3n) is 6.09. The van der Waals surface area contributed by atoms with E-state index in [4.69, 9.17) is 0 Å². The molecule has 2 aromatic rings. The number of amides is 2. The van der Waals surface area contributed by atoms with Crippen molar-refractivity contribution in [2.45, 2.75) is 11.3 Å². The molecule has 4 heteroatoms. The molecule has 1 fully saturated rings.